The third-order valence-corrected chi connectivity index (χ3v) is 4.61. The van der Waals surface area contributed by atoms with Gasteiger partial charge in [-0.1, -0.05) is 12.8 Å². The number of rotatable bonds is 7. The van der Waals surface area contributed by atoms with E-state index in [0.29, 0.717) is 25.8 Å². The average Bonchev–Trinajstić information content (AvgIpc) is 3.08. The summed E-state index contributed by atoms with van der Waals surface area (Å²) in [5.41, 5.74) is -0.702. The van der Waals surface area contributed by atoms with Crippen LogP contribution in [-0.2, 0) is 14.4 Å². The van der Waals surface area contributed by atoms with Crippen LogP contribution in [0.25, 0.3) is 0 Å². The number of likely N-dealkylation sites (N-methyl/N-ethyl adjacent to an activating group) is 1. The first-order chi connectivity index (χ1) is 11.4. The lowest BCUT2D eigenvalue weighted by Gasteiger charge is -2.20. The molecule has 3 N–H and O–H groups in total. The quantitative estimate of drug-likeness (QED) is 0.579. The fourth-order valence-electron chi connectivity index (χ4n) is 3.30. The first kappa shape index (κ1) is 18.2. The van der Waals surface area contributed by atoms with E-state index in [1.165, 1.54) is 4.90 Å². The van der Waals surface area contributed by atoms with Gasteiger partial charge in [-0.25, -0.2) is 4.79 Å². The molecule has 1 saturated heterocycles. The van der Waals surface area contributed by atoms with E-state index in [-0.39, 0.29) is 36.7 Å². The van der Waals surface area contributed by atoms with E-state index in [2.05, 4.69) is 16.0 Å². The first-order valence-electron chi connectivity index (χ1n) is 8.61. The van der Waals surface area contributed by atoms with Crippen LogP contribution < -0.4 is 16.0 Å². The molecule has 1 saturated carbocycles. The lowest BCUT2D eigenvalue weighted by Crippen LogP contribution is -2.45. The van der Waals surface area contributed by atoms with Crippen LogP contribution in [0.1, 0.15) is 52.4 Å². The Hall–Kier alpha value is -2.12. The zero-order chi connectivity index (χ0) is 17.7. The first-order valence-corrected chi connectivity index (χ1v) is 8.61. The zero-order valence-electron chi connectivity index (χ0n) is 14.3. The molecule has 134 valence electrons. The Morgan fingerprint density at radius 1 is 1.29 bits per heavy atom. The zero-order valence-corrected chi connectivity index (χ0v) is 14.3. The molecule has 0 aromatic rings. The molecule has 0 aromatic heterocycles. The van der Waals surface area contributed by atoms with Crippen molar-refractivity contribution in [2.75, 3.05) is 13.1 Å². The number of imide groups is 1. The molecule has 0 bridgehead atoms. The molecule has 1 aliphatic carbocycles. The Labute approximate surface area is 141 Å². The van der Waals surface area contributed by atoms with E-state index in [9.17, 15) is 19.2 Å². The highest BCUT2D eigenvalue weighted by atomic mass is 16.2. The molecule has 1 heterocycles. The summed E-state index contributed by atoms with van der Waals surface area (Å²) in [6, 6.07) is -0.964. The fourth-order valence-corrected chi connectivity index (χ4v) is 3.30. The number of hydrogen-bond donors (Lipinski definition) is 3. The number of amides is 5. The van der Waals surface area contributed by atoms with Crippen molar-refractivity contribution in [1.82, 2.24) is 20.9 Å². The van der Waals surface area contributed by atoms with Gasteiger partial charge in [0.2, 0.25) is 11.8 Å². The number of carbonyl (C=O) groups is 4. The van der Waals surface area contributed by atoms with Crippen LogP contribution in [0.5, 0.6) is 0 Å². The third kappa shape index (κ3) is 3.85. The Morgan fingerprint density at radius 2 is 1.96 bits per heavy atom. The molecule has 0 radical (unpaired) electrons. The minimum absolute atomic E-state index is 0.161. The van der Waals surface area contributed by atoms with Crippen LogP contribution in [0, 0.1) is 0 Å². The van der Waals surface area contributed by atoms with Gasteiger partial charge in [-0.05, 0) is 33.1 Å². The summed E-state index contributed by atoms with van der Waals surface area (Å²) in [6.45, 7) is 4.15. The summed E-state index contributed by atoms with van der Waals surface area (Å²) < 4.78 is 0. The summed E-state index contributed by atoms with van der Waals surface area (Å²) in [5, 5.41) is 8.05. The highest BCUT2D eigenvalue weighted by molar-refractivity contribution is 6.07. The molecule has 5 amide bonds. The second kappa shape index (κ2) is 7.63. The van der Waals surface area contributed by atoms with E-state index in [1.54, 1.807) is 6.92 Å². The summed E-state index contributed by atoms with van der Waals surface area (Å²) in [7, 11) is 0. The lowest BCUT2D eigenvalue weighted by molar-refractivity contribution is -0.131. The van der Waals surface area contributed by atoms with Gasteiger partial charge in [0.1, 0.15) is 11.6 Å². The second-order valence-electron chi connectivity index (χ2n) is 6.46. The van der Waals surface area contributed by atoms with Gasteiger partial charge < -0.3 is 16.0 Å². The highest BCUT2D eigenvalue weighted by Crippen LogP contribution is 2.35. The SMILES string of the molecule is CCNC(=O)[C@H](C)NC(=O)CCCN1C(=O)NC2(CCCC2)C1=O. The normalized spacial score (nSPS) is 20.2. The van der Waals surface area contributed by atoms with Crippen molar-refractivity contribution in [2.24, 2.45) is 0 Å². The maximum atomic E-state index is 12.4. The molecular formula is C16H26N4O4. The number of nitrogens with one attached hydrogen (secondary N) is 3. The molecule has 2 aliphatic rings. The largest absolute Gasteiger partial charge is 0.355 e. The predicted molar refractivity (Wildman–Crippen MR) is 87.0 cm³/mol. The van der Waals surface area contributed by atoms with Gasteiger partial charge in [0.25, 0.3) is 5.91 Å². The van der Waals surface area contributed by atoms with Crippen molar-refractivity contribution in [3.05, 3.63) is 0 Å². The van der Waals surface area contributed by atoms with Crippen LogP contribution in [0.4, 0.5) is 4.79 Å². The van der Waals surface area contributed by atoms with Gasteiger partial charge in [-0.15, -0.1) is 0 Å². The maximum Gasteiger partial charge on any atom is 0.325 e. The van der Waals surface area contributed by atoms with Gasteiger partial charge in [0, 0.05) is 19.5 Å². The van der Waals surface area contributed by atoms with Crippen molar-refractivity contribution in [2.45, 2.75) is 64.0 Å². The Morgan fingerprint density at radius 3 is 2.58 bits per heavy atom. The average molecular weight is 338 g/mol. The topological polar surface area (TPSA) is 108 Å². The Balaban J connectivity index is 1.75. The molecule has 0 unspecified atom stereocenters. The van der Waals surface area contributed by atoms with Crippen LogP contribution >= 0.6 is 0 Å². The van der Waals surface area contributed by atoms with Gasteiger partial charge in [-0.2, -0.15) is 0 Å². The van der Waals surface area contributed by atoms with Gasteiger partial charge in [-0.3, -0.25) is 19.3 Å². The molecule has 8 nitrogen and oxygen atoms in total. The van der Waals surface area contributed by atoms with Gasteiger partial charge in [0.05, 0.1) is 0 Å². The maximum absolute atomic E-state index is 12.4. The van der Waals surface area contributed by atoms with E-state index in [1.807, 2.05) is 6.92 Å². The van der Waals surface area contributed by atoms with Crippen molar-refractivity contribution in [3.8, 4) is 0 Å². The van der Waals surface area contributed by atoms with E-state index in [4.69, 9.17) is 0 Å². The van der Waals surface area contributed by atoms with Crippen molar-refractivity contribution in [1.29, 1.82) is 0 Å². The van der Waals surface area contributed by atoms with Crippen LogP contribution in [0.15, 0.2) is 0 Å². The molecule has 0 aromatic carbocycles. The molecular weight excluding hydrogens is 312 g/mol. The van der Waals surface area contributed by atoms with Crippen molar-refractivity contribution >= 4 is 23.8 Å². The standard InChI is InChI=1S/C16H26N4O4/c1-3-17-13(22)11(2)18-12(21)7-6-10-20-14(23)16(19-15(20)24)8-4-5-9-16/h11H,3-10H2,1-2H3,(H,17,22)(H,18,21)(H,19,24)/t11-/m0/s1. The van der Waals surface area contributed by atoms with Crippen LogP contribution in [0.3, 0.4) is 0 Å². The second-order valence-corrected chi connectivity index (χ2v) is 6.46. The molecule has 24 heavy (non-hydrogen) atoms. The molecule has 2 fully saturated rings. The Bertz CT molecular complexity index is 528. The summed E-state index contributed by atoms with van der Waals surface area (Å²) >= 11 is 0. The minimum Gasteiger partial charge on any atom is -0.355 e. The number of nitrogens with zero attached hydrogens (tertiary/aromatic N) is 1. The lowest BCUT2D eigenvalue weighted by atomic mass is 9.98. The molecule has 1 atom stereocenters. The third-order valence-electron chi connectivity index (χ3n) is 4.61. The van der Waals surface area contributed by atoms with E-state index >= 15 is 0 Å². The van der Waals surface area contributed by atoms with Gasteiger partial charge in [0.15, 0.2) is 0 Å². The Kier molecular flexibility index (Phi) is 5.80. The summed E-state index contributed by atoms with van der Waals surface area (Å²) in [4.78, 5) is 49.1. The molecule has 8 heteroatoms. The predicted octanol–water partition coefficient (Wildman–Crippen LogP) is 0.272. The van der Waals surface area contributed by atoms with Crippen molar-refractivity contribution in [3.63, 3.8) is 0 Å². The number of hydrogen-bond acceptors (Lipinski definition) is 4. The van der Waals surface area contributed by atoms with Gasteiger partial charge >= 0.3 is 6.03 Å². The summed E-state index contributed by atoms with van der Waals surface area (Å²) in [5.74, 6) is -0.666. The minimum atomic E-state index is -0.702. The van der Waals surface area contributed by atoms with E-state index < -0.39 is 11.6 Å². The summed E-state index contributed by atoms with van der Waals surface area (Å²) in [6.07, 6.45) is 3.81. The highest BCUT2D eigenvalue weighted by Gasteiger charge is 2.51. The molecule has 2 rings (SSSR count). The molecule has 1 spiro atoms. The smallest absolute Gasteiger partial charge is 0.325 e. The van der Waals surface area contributed by atoms with E-state index in [0.717, 1.165) is 12.8 Å². The number of urea groups is 1. The fraction of sp³-hybridized carbons (Fsp3) is 0.750. The van der Waals surface area contributed by atoms with Crippen molar-refractivity contribution < 1.29 is 19.2 Å². The monoisotopic (exact) mass is 338 g/mol. The number of carbonyl (C=O) groups excluding carboxylic acids is 4. The van der Waals surface area contributed by atoms with Crippen LogP contribution in [-0.4, -0.2) is 53.3 Å². The van der Waals surface area contributed by atoms with Crippen LogP contribution in [0.2, 0.25) is 0 Å². The molecule has 1 aliphatic heterocycles.